The van der Waals surface area contributed by atoms with Crippen LogP contribution in [0.5, 0.6) is 5.75 Å². The second kappa shape index (κ2) is 7.20. The number of carbonyl (C=O) groups excluding carboxylic acids is 1. The van der Waals surface area contributed by atoms with Crippen LogP contribution in [0.15, 0.2) is 22.9 Å². The zero-order chi connectivity index (χ0) is 16.2. The number of amides is 1. The number of rotatable bonds is 4. The lowest BCUT2D eigenvalue weighted by Crippen LogP contribution is -2.38. The molecule has 0 saturated carbocycles. The van der Waals surface area contributed by atoms with Crippen molar-refractivity contribution in [2.45, 2.75) is 18.9 Å². The number of aromatic nitrogens is 3. The van der Waals surface area contributed by atoms with E-state index in [9.17, 15) is 4.79 Å². The molecule has 1 aliphatic rings. The number of ether oxygens (including phenoxy) is 1. The molecule has 8 nitrogen and oxygen atoms in total. The number of hydrogen-bond donors (Lipinski definition) is 2. The standard InChI is InChI=1S/C13H14BrN5O3S/c14-9-7-15-4-1-10(9)22-8-2-5-19(6-3-8)13-17-16-12(23-13)11(20)18-21/h1,4,7-8,21H,2-3,5-6H2,(H,18,20). The fraction of sp³-hybridized carbons (Fsp3) is 0.385. The second-order valence-electron chi connectivity index (χ2n) is 4.94. The van der Waals surface area contributed by atoms with Crippen molar-refractivity contribution in [3.05, 3.63) is 27.9 Å². The smallest absolute Gasteiger partial charge is 0.305 e. The zero-order valence-electron chi connectivity index (χ0n) is 12.0. The Kier molecular flexibility index (Phi) is 5.03. The van der Waals surface area contributed by atoms with Gasteiger partial charge in [0.25, 0.3) is 0 Å². The number of nitrogens with zero attached hydrogens (tertiary/aromatic N) is 4. The van der Waals surface area contributed by atoms with Crippen LogP contribution in [-0.2, 0) is 0 Å². The summed E-state index contributed by atoms with van der Waals surface area (Å²) in [6, 6.07) is 1.83. The average Bonchev–Trinajstić information content (AvgIpc) is 3.07. The Hall–Kier alpha value is -1.78. The summed E-state index contributed by atoms with van der Waals surface area (Å²) in [5.41, 5.74) is 1.56. The molecule has 23 heavy (non-hydrogen) atoms. The second-order valence-corrected chi connectivity index (χ2v) is 6.75. The first-order valence-corrected chi connectivity index (χ1v) is 8.57. The maximum absolute atomic E-state index is 11.3. The average molecular weight is 400 g/mol. The van der Waals surface area contributed by atoms with Gasteiger partial charge in [0.15, 0.2) is 0 Å². The molecule has 0 atom stereocenters. The summed E-state index contributed by atoms with van der Waals surface area (Å²) in [7, 11) is 0. The molecule has 0 unspecified atom stereocenters. The Balaban J connectivity index is 1.57. The van der Waals surface area contributed by atoms with E-state index in [1.54, 1.807) is 17.9 Å². The van der Waals surface area contributed by atoms with Crippen LogP contribution in [-0.4, -0.2) is 45.5 Å². The van der Waals surface area contributed by atoms with Crippen molar-refractivity contribution in [2.75, 3.05) is 18.0 Å². The molecular weight excluding hydrogens is 386 g/mol. The zero-order valence-corrected chi connectivity index (χ0v) is 14.4. The van der Waals surface area contributed by atoms with Gasteiger partial charge >= 0.3 is 5.91 Å². The number of carbonyl (C=O) groups is 1. The van der Waals surface area contributed by atoms with Crippen molar-refractivity contribution >= 4 is 38.3 Å². The Labute approximate surface area is 144 Å². The van der Waals surface area contributed by atoms with Gasteiger partial charge in [0, 0.05) is 38.3 Å². The normalized spacial score (nSPS) is 15.5. The minimum absolute atomic E-state index is 0.123. The molecular formula is C13H14BrN5O3S. The highest BCUT2D eigenvalue weighted by atomic mass is 79.9. The van der Waals surface area contributed by atoms with E-state index in [1.807, 2.05) is 6.07 Å². The Morgan fingerprint density at radius 2 is 2.22 bits per heavy atom. The number of hydrogen-bond acceptors (Lipinski definition) is 8. The third-order valence-electron chi connectivity index (χ3n) is 3.45. The van der Waals surface area contributed by atoms with Crippen molar-refractivity contribution in [1.82, 2.24) is 20.7 Å². The van der Waals surface area contributed by atoms with Gasteiger partial charge in [-0.15, -0.1) is 10.2 Å². The van der Waals surface area contributed by atoms with Crippen molar-refractivity contribution in [3.63, 3.8) is 0 Å². The maximum Gasteiger partial charge on any atom is 0.305 e. The van der Waals surface area contributed by atoms with Gasteiger partial charge in [-0.05, 0) is 22.0 Å². The SMILES string of the molecule is O=C(NO)c1nnc(N2CCC(Oc3ccncc3Br)CC2)s1. The van der Waals surface area contributed by atoms with Crippen molar-refractivity contribution in [2.24, 2.45) is 0 Å². The number of pyridine rings is 1. The number of anilines is 1. The van der Waals surface area contributed by atoms with Crippen LogP contribution in [0.4, 0.5) is 5.13 Å². The van der Waals surface area contributed by atoms with Crippen LogP contribution in [0, 0.1) is 0 Å². The molecule has 1 saturated heterocycles. The molecule has 2 aromatic rings. The molecule has 1 fully saturated rings. The van der Waals surface area contributed by atoms with Gasteiger partial charge in [-0.25, -0.2) is 5.48 Å². The van der Waals surface area contributed by atoms with E-state index in [4.69, 9.17) is 9.94 Å². The summed E-state index contributed by atoms with van der Waals surface area (Å²) in [5, 5.41) is 17.2. The van der Waals surface area contributed by atoms with Crippen LogP contribution >= 0.6 is 27.3 Å². The van der Waals surface area contributed by atoms with Crippen LogP contribution < -0.4 is 15.1 Å². The van der Waals surface area contributed by atoms with E-state index in [-0.39, 0.29) is 11.1 Å². The maximum atomic E-state index is 11.3. The molecule has 3 rings (SSSR count). The van der Waals surface area contributed by atoms with Gasteiger partial charge in [-0.3, -0.25) is 15.0 Å². The van der Waals surface area contributed by atoms with Crippen LogP contribution in [0.3, 0.4) is 0 Å². The lowest BCUT2D eigenvalue weighted by molar-refractivity contribution is 0.0705. The van der Waals surface area contributed by atoms with Gasteiger partial charge in [0.1, 0.15) is 11.9 Å². The highest BCUT2D eigenvalue weighted by molar-refractivity contribution is 9.10. The predicted molar refractivity (Wildman–Crippen MR) is 87.0 cm³/mol. The van der Waals surface area contributed by atoms with Crippen LogP contribution in [0.2, 0.25) is 0 Å². The first kappa shape index (κ1) is 16.1. The minimum Gasteiger partial charge on any atom is -0.489 e. The molecule has 0 bridgehead atoms. The summed E-state index contributed by atoms with van der Waals surface area (Å²) >= 11 is 4.58. The molecule has 3 heterocycles. The largest absolute Gasteiger partial charge is 0.489 e. The molecule has 2 N–H and O–H groups in total. The van der Waals surface area contributed by atoms with E-state index in [0.29, 0.717) is 5.13 Å². The Bertz CT molecular complexity index is 690. The van der Waals surface area contributed by atoms with Gasteiger partial charge in [-0.1, -0.05) is 11.3 Å². The lowest BCUT2D eigenvalue weighted by atomic mass is 10.1. The fourth-order valence-corrected chi connectivity index (χ4v) is 3.42. The van der Waals surface area contributed by atoms with E-state index in [0.717, 1.165) is 47.5 Å². The first-order chi connectivity index (χ1) is 11.2. The van der Waals surface area contributed by atoms with Gasteiger partial charge in [0.05, 0.1) is 4.47 Å². The quantitative estimate of drug-likeness (QED) is 0.597. The topological polar surface area (TPSA) is 100 Å². The molecule has 10 heteroatoms. The third kappa shape index (κ3) is 3.77. The summed E-state index contributed by atoms with van der Waals surface area (Å²) in [5.74, 6) is 0.144. The van der Waals surface area contributed by atoms with E-state index >= 15 is 0 Å². The molecule has 2 aromatic heterocycles. The highest BCUT2D eigenvalue weighted by Crippen LogP contribution is 2.28. The lowest BCUT2D eigenvalue weighted by Gasteiger charge is -2.31. The molecule has 1 amide bonds. The monoisotopic (exact) mass is 399 g/mol. The van der Waals surface area contributed by atoms with E-state index in [2.05, 4.69) is 36.0 Å². The highest BCUT2D eigenvalue weighted by Gasteiger charge is 2.24. The van der Waals surface area contributed by atoms with Crippen molar-refractivity contribution in [3.8, 4) is 5.75 Å². The van der Waals surface area contributed by atoms with Crippen molar-refractivity contribution < 1.29 is 14.7 Å². The van der Waals surface area contributed by atoms with E-state index < -0.39 is 5.91 Å². The van der Waals surface area contributed by atoms with Crippen molar-refractivity contribution in [1.29, 1.82) is 0 Å². The summed E-state index contributed by atoms with van der Waals surface area (Å²) < 4.78 is 6.83. The predicted octanol–water partition coefficient (Wildman–Crippen LogP) is 1.86. The summed E-state index contributed by atoms with van der Waals surface area (Å²) in [6.07, 6.45) is 5.22. The minimum atomic E-state index is -0.644. The molecule has 0 radical (unpaired) electrons. The Morgan fingerprint density at radius 3 is 2.91 bits per heavy atom. The Morgan fingerprint density at radius 1 is 1.43 bits per heavy atom. The number of halogens is 1. The molecule has 1 aliphatic heterocycles. The molecule has 122 valence electrons. The fourth-order valence-electron chi connectivity index (χ4n) is 2.29. The van der Waals surface area contributed by atoms with Crippen LogP contribution in [0.25, 0.3) is 0 Å². The molecule has 0 aromatic carbocycles. The first-order valence-electron chi connectivity index (χ1n) is 6.96. The number of hydroxylamine groups is 1. The van der Waals surface area contributed by atoms with Gasteiger partial charge in [-0.2, -0.15) is 0 Å². The number of piperidine rings is 1. The summed E-state index contributed by atoms with van der Waals surface area (Å²) in [6.45, 7) is 1.53. The molecule has 0 aliphatic carbocycles. The number of nitrogens with one attached hydrogen (secondary N) is 1. The third-order valence-corrected chi connectivity index (χ3v) is 5.03. The van der Waals surface area contributed by atoms with Gasteiger partial charge in [0.2, 0.25) is 10.1 Å². The van der Waals surface area contributed by atoms with Gasteiger partial charge < -0.3 is 9.64 Å². The van der Waals surface area contributed by atoms with Crippen LogP contribution in [0.1, 0.15) is 22.6 Å². The molecule has 0 spiro atoms. The van der Waals surface area contributed by atoms with E-state index in [1.165, 1.54) is 0 Å². The summed E-state index contributed by atoms with van der Waals surface area (Å²) in [4.78, 5) is 17.4.